The van der Waals surface area contributed by atoms with E-state index in [1.54, 1.807) is 0 Å². The predicted octanol–water partition coefficient (Wildman–Crippen LogP) is 2.72. The minimum absolute atomic E-state index is 0.168. The maximum atomic E-state index is 12.7. The Bertz CT molecular complexity index is 536. The summed E-state index contributed by atoms with van der Waals surface area (Å²) in [6.07, 6.45) is -1.62. The van der Waals surface area contributed by atoms with Gasteiger partial charge >= 0.3 is 12.1 Å². The molecule has 0 aromatic carbocycles. The van der Waals surface area contributed by atoms with Crippen molar-refractivity contribution in [3.05, 3.63) is 18.0 Å². The van der Waals surface area contributed by atoms with Crippen LogP contribution in [0, 0.1) is 0 Å². The Balaban J connectivity index is 2.42. The molecule has 0 aliphatic carbocycles. The van der Waals surface area contributed by atoms with Crippen LogP contribution < -0.4 is 4.90 Å². The van der Waals surface area contributed by atoms with Crippen LogP contribution >= 0.6 is 0 Å². The number of carboxylic acid groups (broad SMARTS) is 1. The van der Waals surface area contributed by atoms with Crippen molar-refractivity contribution in [2.45, 2.75) is 44.3 Å². The van der Waals surface area contributed by atoms with Gasteiger partial charge in [0.1, 0.15) is 11.2 Å². The average molecular weight is 303 g/mol. The quantitative estimate of drug-likeness (QED) is 0.926. The molecule has 2 heterocycles. The van der Waals surface area contributed by atoms with Crippen LogP contribution in [0.15, 0.2) is 12.3 Å². The summed E-state index contributed by atoms with van der Waals surface area (Å²) < 4.78 is 38.2. The van der Waals surface area contributed by atoms with E-state index in [2.05, 4.69) is 9.97 Å². The summed E-state index contributed by atoms with van der Waals surface area (Å²) in [4.78, 5) is 20.4. The Morgan fingerprint density at radius 3 is 2.81 bits per heavy atom. The van der Waals surface area contributed by atoms with Crippen molar-refractivity contribution in [3.63, 3.8) is 0 Å². The molecule has 1 aliphatic rings. The van der Waals surface area contributed by atoms with E-state index in [-0.39, 0.29) is 5.95 Å². The summed E-state index contributed by atoms with van der Waals surface area (Å²) in [7, 11) is 0. The van der Waals surface area contributed by atoms with Gasteiger partial charge in [-0.3, -0.25) is 0 Å². The minimum Gasteiger partial charge on any atom is -0.479 e. The zero-order valence-corrected chi connectivity index (χ0v) is 11.5. The zero-order chi connectivity index (χ0) is 15.7. The maximum absolute atomic E-state index is 12.7. The molecule has 1 saturated heterocycles. The van der Waals surface area contributed by atoms with Gasteiger partial charge in [0.2, 0.25) is 5.95 Å². The van der Waals surface area contributed by atoms with Crippen molar-refractivity contribution in [1.82, 2.24) is 9.97 Å². The van der Waals surface area contributed by atoms with E-state index >= 15 is 0 Å². The van der Waals surface area contributed by atoms with Crippen LogP contribution in [0.25, 0.3) is 0 Å². The molecule has 1 aliphatic heterocycles. The van der Waals surface area contributed by atoms with Gasteiger partial charge in [-0.1, -0.05) is 13.3 Å². The molecule has 1 fully saturated rings. The van der Waals surface area contributed by atoms with E-state index < -0.39 is 23.4 Å². The summed E-state index contributed by atoms with van der Waals surface area (Å²) in [6, 6.07) is 0.780. The van der Waals surface area contributed by atoms with Crippen molar-refractivity contribution in [2.24, 2.45) is 0 Å². The second-order valence-corrected chi connectivity index (χ2v) is 5.08. The minimum atomic E-state index is -4.58. The van der Waals surface area contributed by atoms with Crippen LogP contribution in [-0.4, -0.2) is 33.1 Å². The van der Waals surface area contributed by atoms with E-state index in [0.717, 1.165) is 12.3 Å². The van der Waals surface area contributed by atoms with Crippen molar-refractivity contribution >= 4 is 11.9 Å². The molecule has 116 valence electrons. The van der Waals surface area contributed by atoms with E-state index in [0.29, 0.717) is 32.2 Å². The summed E-state index contributed by atoms with van der Waals surface area (Å²) in [5.74, 6) is -1.21. The second kappa shape index (κ2) is 5.50. The van der Waals surface area contributed by atoms with E-state index in [1.807, 2.05) is 6.92 Å². The van der Waals surface area contributed by atoms with Crippen LogP contribution in [0.5, 0.6) is 0 Å². The topological polar surface area (TPSA) is 66.3 Å². The molecule has 0 amide bonds. The van der Waals surface area contributed by atoms with Gasteiger partial charge in [0.05, 0.1) is 0 Å². The number of anilines is 1. The molecule has 5 nitrogen and oxygen atoms in total. The molecule has 2 rings (SSSR count). The summed E-state index contributed by atoms with van der Waals surface area (Å²) in [5.41, 5.74) is -2.27. The van der Waals surface area contributed by atoms with Crippen molar-refractivity contribution in [3.8, 4) is 0 Å². The number of aliphatic carboxylic acids is 1. The molecule has 8 heteroatoms. The molecule has 0 spiro atoms. The van der Waals surface area contributed by atoms with Crippen LogP contribution in [0.1, 0.15) is 38.3 Å². The Kier molecular flexibility index (Phi) is 4.06. The number of alkyl halides is 3. The molecule has 1 atom stereocenters. The third-order valence-electron chi connectivity index (χ3n) is 3.73. The van der Waals surface area contributed by atoms with Gasteiger partial charge in [-0.2, -0.15) is 13.2 Å². The number of carbonyl (C=O) groups is 1. The largest absolute Gasteiger partial charge is 0.479 e. The highest BCUT2D eigenvalue weighted by Gasteiger charge is 2.48. The van der Waals surface area contributed by atoms with Gasteiger partial charge in [0, 0.05) is 12.7 Å². The SMILES string of the molecule is CCCC1(C(=O)O)CCCN1c1nccc(C(F)(F)F)n1. The smallest absolute Gasteiger partial charge is 0.433 e. The summed E-state index contributed by atoms with van der Waals surface area (Å²) >= 11 is 0. The lowest BCUT2D eigenvalue weighted by Crippen LogP contribution is -2.51. The molecule has 1 N–H and O–H groups in total. The Morgan fingerprint density at radius 1 is 1.52 bits per heavy atom. The van der Waals surface area contributed by atoms with Gasteiger partial charge < -0.3 is 10.0 Å². The van der Waals surface area contributed by atoms with Crippen molar-refractivity contribution in [2.75, 3.05) is 11.4 Å². The van der Waals surface area contributed by atoms with E-state index in [9.17, 15) is 23.1 Å². The van der Waals surface area contributed by atoms with Crippen LogP contribution in [0.4, 0.5) is 19.1 Å². The summed E-state index contributed by atoms with van der Waals surface area (Å²) in [6.45, 7) is 2.18. The first-order chi connectivity index (χ1) is 9.81. The average Bonchev–Trinajstić information content (AvgIpc) is 2.83. The lowest BCUT2D eigenvalue weighted by molar-refractivity contribution is -0.143. The molecule has 21 heavy (non-hydrogen) atoms. The molecule has 0 radical (unpaired) electrons. The fourth-order valence-corrected chi connectivity index (χ4v) is 2.81. The fraction of sp³-hybridized carbons (Fsp3) is 0.615. The number of carboxylic acids is 1. The first-order valence-corrected chi connectivity index (χ1v) is 6.72. The number of nitrogens with zero attached hydrogens (tertiary/aromatic N) is 3. The number of hydrogen-bond acceptors (Lipinski definition) is 4. The van der Waals surface area contributed by atoms with Crippen molar-refractivity contribution in [1.29, 1.82) is 0 Å². The molecule has 1 aromatic heterocycles. The first-order valence-electron chi connectivity index (χ1n) is 6.72. The second-order valence-electron chi connectivity index (χ2n) is 5.08. The van der Waals surface area contributed by atoms with Gasteiger partial charge in [0.15, 0.2) is 0 Å². The maximum Gasteiger partial charge on any atom is 0.433 e. The van der Waals surface area contributed by atoms with Gasteiger partial charge in [-0.15, -0.1) is 0 Å². The normalized spacial score (nSPS) is 22.6. The fourth-order valence-electron chi connectivity index (χ4n) is 2.81. The highest BCUT2D eigenvalue weighted by atomic mass is 19.4. The van der Waals surface area contributed by atoms with E-state index in [4.69, 9.17) is 0 Å². The van der Waals surface area contributed by atoms with Crippen LogP contribution in [0.3, 0.4) is 0 Å². The van der Waals surface area contributed by atoms with Gasteiger partial charge in [0.25, 0.3) is 0 Å². The van der Waals surface area contributed by atoms with Crippen molar-refractivity contribution < 1.29 is 23.1 Å². The van der Waals surface area contributed by atoms with E-state index in [1.165, 1.54) is 4.90 Å². The predicted molar refractivity (Wildman–Crippen MR) is 68.9 cm³/mol. The Labute approximate surface area is 119 Å². The molecular weight excluding hydrogens is 287 g/mol. The highest BCUT2D eigenvalue weighted by Crippen LogP contribution is 2.37. The molecule has 1 unspecified atom stereocenters. The monoisotopic (exact) mass is 303 g/mol. The molecule has 1 aromatic rings. The molecular formula is C13H16F3N3O2. The Hall–Kier alpha value is -1.86. The number of aromatic nitrogens is 2. The standard InChI is InChI=1S/C13H16F3N3O2/c1-2-5-12(10(20)21)6-3-8-19(12)11-17-7-4-9(18-11)13(14,15)16/h4,7H,2-3,5-6,8H2,1H3,(H,20,21). The van der Waals surface area contributed by atoms with Crippen LogP contribution in [0.2, 0.25) is 0 Å². The zero-order valence-electron chi connectivity index (χ0n) is 11.5. The molecule has 0 bridgehead atoms. The van der Waals surface area contributed by atoms with Crippen LogP contribution in [-0.2, 0) is 11.0 Å². The first kappa shape index (κ1) is 15.5. The number of hydrogen-bond donors (Lipinski definition) is 1. The molecule has 0 saturated carbocycles. The third kappa shape index (κ3) is 2.79. The highest BCUT2D eigenvalue weighted by molar-refractivity contribution is 5.83. The number of rotatable bonds is 4. The number of halogens is 3. The van der Waals surface area contributed by atoms with Gasteiger partial charge in [-0.25, -0.2) is 14.8 Å². The van der Waals surface area contributed by atoms with Gasteiger partial charge in [-0.05, 0) is 25.3 Å². The lowest BCUT2D eigenvalue weighted by atomic mass is 9.91. The summed E-state index contributed by atoms with van der Waals surface area (Å²) in [5, 5.41) is 9.54. The Morgan fingerprint density at radius 2 is 2.24 bits per heavy atom. The third-order valence-corrected chi connectivity index (χ3v) is 3.73. The lowest BCUT2D eigenvalue weighted by Gasteiger charge is -2.34.